The van der Waals surface area contributed by atoms with Crippen molar-refractivity contribution in [2.24, 2.45) is 0 Å². The highest BCUT2D eigenvalue weighted by atomic mass is 35.5. The van der Waals surface area contributed by atoms with Gasteiger partial charge in [0.15, 0.2) is 6.07 Å². The predicted octanol–water partition coefficient (Wildman–Crippen LogP) is 4.65. The van der Waals surface area contributed by atoms with Crippen LogP contribution in [0.1, 0.15) is 71.1 Å². The van der Waals surface area contributed by atoms with Gasteiger partial charge in [0, 0.05) is 6.42 Å². The lowest BCUT2D eigenvalue weighted by molar-refractivity contribution is -0.141. The zero-order chi connectivity index (χ0) is 12.1. The van der Waals surface area contributed by atoms with Crippen molar-refractivity contribution in [2.75, 3.05) is 6.07 Å². The summed E-state index contributed by atoms with van der Waals surface area (Å²) in [6, 6.07) is -0.0176. The summed E-state index contributed by atoms with van der Waals surface area (Å²) in [6.45, 7) is 2.24. The molecule has 0 aromatic carbocycles. The zero-order valence-corrected chi connectivity index (χ0v) is 11.2. The van der Waals surface area contributed by atoms with Crippen molar-refractivity contribution in [3.63, 3.8) is 0 Å². The van der Waals surface area contributed by atoms with Crippen LogP contribution in [-0.2, 0) is 9.53 Å². The van der Waals surface area contributed by atoms with E-state index in [4.69, 9.17) is 11.6 Å². The number of halogens is 1. The lowest BCUT2D eigenvalue weighted by atomic mass is 10.1. The molecule has 0 saturated carbocycles. The third-order valence-electron chi connectivity index (χ3n) is 2.70. The minimum Gasteiger partial charge on any atom is -0.449 e. The van der Waals surface area contributed by atoms with Gasteiger partial charge in [0.1, 0.15) is 0 Å². The molecule has 0 N–H and O–H groups in total. The smallest absolute Gasteiger partial charge is 0.306 e. The molecule has 0 aliphatic heterocycles. The van der Waals surface area contributed by atoms with E-state index in [1.807, 2.05) is 0 Å². The van der Waals surface area contributed by atoms with Gasteiger partial charge in [0.2, 0.25) is 0 Å². The first kappa shape index (κ1) is 15.8. The van der Waals surface area contributed by atoms with E-state index in [1.165, 1.54) is 44.9 Å². The first-order valence-electron chi connectivity index (χ1n) is 6.52. The van der Waals surface area contributed by atoms with Crippen LogP contribution in [0.3, 0.4) is 0 Å². The van der Waals surface area contributed by atoms with E-state index in [-0.39, 0.29) is 12.0 Å². The van der Waals surface area contributed by atoms with Crippen LogP contribution in [0, 0.1) is 0 Å². The molecule has 0 atom stereocenters. The van der Waals surface area contributed by atoms with Gasteiger partial charge in [-0.2, -0.15) is 0 Å². The van der Waals surface area contributed by atoms with Crippen molar-refractivity contribution >= 4 is 17.6 Å². The fourth-order valence-electron chi connectivity index (χ4n) is 1.71. The van der Waals surface area contributed by atoms with Gasteiger partial charge < -0.3 is 4.74 Å². The van der Waals surface area contributed by atoms with E-state index in [0.29, 0.717) is 6.42 Å². The van der Waals surface area contributed by atoms with Gasteiger partial charge in [0.05, 0.1) is 0 Å². The molecule has 0 rings (SSSR count). The molecule has 0 fully saturated rings. The van der Waals surface area contributed by atoms with E-state index < -0.39 is 0 Å². The fraction of sp³-hybridized carbons (Fsp3) is 0.923. The lowest BCUT2D eigenvalue weighted by Crippen LogP contribution is -2.01. The van der Waals surface area contributed by atoms with Crippen LogP contribution in [0.4, 0.5) is 0 Å². The maximum Gasteiger partial charge on any atom is 0.306 e. The normalized spacial score (nSPS) is 10.4. The van der Waals surface area contributed by atoms with Crippen molar-refractivity contribution < 1.29 is 9.53 Å². The van der Waals surface area contributed by atoms with Crippen LogP contribution in [0.25, 0.3) is 0 Å². The molecule has 2 nitrogen and oxygen atoms in total. The van der Waals surface area contributed by atoms with Crippen molar-refractivity contribution in [3.05, 3.63) is 0 Å². The van der Waals surface area contributed by atoms with E-state index in [9.17, 15) is 4.79 Å². The second-order valence-corrected chi connectivity index (χ2v) is 4.42. The van der Waals surface area contributed by atoms with Crippen LogP contribution in [-0.4, -0.2) is 12.0 Å². The Hall–Kier alpha value is -0.240. The summed E-state index contributed by atoms with van der Waals surface area (Å²) >= 11 is 5.28. The van der Waals surface area contributed by atoms with Gasteiger partial charge in [-0.3, -0.25) is 4.79 Å². The summed E-state index contributed by atoms with van der Waals surface area (Å²) in [6.07, 6.45) is 11.9. The third-order valence-corrected chi connectivity index (χ3v) is 2.81. The number of rotatable bonds is 11. The molecule has 3 heteroatoms. The molecule has 0 spiro atoms. The zero-order valence-electron chi connectivity index (χ0n) is 10.5. The number of hydrogen-bond acceptors (Lipinski definition) is 2. The average Bonchev–Trinajstić information content (AvgIpc) is 2.27. The summed E-state index contributed by atoms with van der Waals surface area (Å²) in [5, 5.41) is 0. The molecule has 0 heterocycles. The van der Waals surface area contributed by atoms with E-state index in [0.717, 1.165) is 12.8 Å². The number of esters is 1. The Labute approximate surface area is 105 Å². The first-order chi connectivity index (χ1) is 7.81. The Bertz CT molecular complexity index is 160. The van der Waals surface area contributed by atoms with E-state index >= 15 is 0 Å². The van der Waals surface area contributed by atoms with Crippen LogP contribution < -0.4 is 0 Å². The van der Waals surface area contributed by atoms with Crippen LogP contribution >= 0.6 is 11.6 Å². The second kappa shape index (κ2) is 12.8. The van der Waals surface area contributed by atoms with E-state index in [1.54, 1.807) is 0 Å². The summed E-state index contributed by atoms with van der Waals surface area (Å²) in [7, 11) is 0. The Morgan fingerprint density at radius 2 is 1.44 bits per heavy atom. The summed E-state index contributed by atoms with van der Waals surface area (Å²) in [5.74, 6) is -0.169. The number of carbonyl (C=O) groups is 1. The Morgan fingerprint density at radius 1 is 0.938 bits per heavy atom. The highest BCUT2D eigenvalue weighted by Crippen LogP contribution is 2.10. The number of unbranched alkanes of at least 4 members (excludes halogenated alkanes) is 8. The van der Waals surface area contributed by atoms with Crippen molar-refractivity contribution in [1.29, 1.82) is 0 Å². The fourth-order valence-corrected chi connectivity index (χ4v) is 1.83. The van der Waals surface area contributed by atoms with Gasteiger partial charge >= 0.3 is 5.97 Å². The molecular weight excluding hydrogens is 224 g/mol. The monoisotopic (exact) mass is 248 g/mol. The molecule has 0 radical (unpaired) electrons. The molecule has 0 saturated heterocycles. The maximum absolute atomic E-state index is 10.9. The highest BCUT2D eigenvalue weighted by molar-refractivity contribution is 6.17. The van der Waals surface area contributed by atoms with Crippen molar-refractivity contribution in [3.8, 4) is 0 Å². The van der Waals surface area contributed by atoms with Crippen LogP contribution in [0.15, 0.2) is 0 Å². The number of hydrogen-bond donors (Lipinski definition) is 0. The maximum atomic E-state index is 10.9. The quantitative estimate of drug-likeness (QED) is 0.302. The van der Waals surface area contributed by atoms with Gasteiger partial charge in [-0.25, -0.2) is 0 Å². The Balaban J connectivity index is 3.01. The van der Waals surface area contributed by atoms with E-state index in [2.05, 4.69) is 11.7 Å². The average molecular weight is 249 g/mol. The van der Waals surface area contributed by atoms with Crippen LogP contribution in [0.5, 0.6) is 0 Å². The number of ether oxygens (including phenoxy) is 1. The molecule has 0 aromatic rings. The minimum absolute atomic E-state index is 0.0176. The highest BCUT2D eigenvalue weighted by Gasteiger charge is 2.00. The van der Waals surface area contributed by atoms with Gasteiger partial charge in [-0.1, -0.05) is 69.9 Å². The van der Waals surface area contributed by atoms with Gasteiger partial charge in [-0.05, 0) is 6.42 Å². The van der Waals surface area contributed by atoms with Crippen LogP contribution in [0.2, 0.25) is 0 Å². The molecule has 0 unspecified atom stereocenters. The molecular formula is C13H25ClO2. The molecule has 0 bridgehead atoms. The van der Waals surface area contributed by atoms with Crippen molar-refractivity contribution in [2.45, 2.75) is 71.1 Å². The molecule has 0 aliphatic carbocycles. The Kier molecular flexibility index (Phi) is 12.6. The van der Waals surface area contributed by atoms with Gasteiger partial charge in [-0.15, -0.1) is 0 Å². The third kappa shape index (κ3) is 11.8. The SMILES string of the molecule is CCCCCCCCCCCC(=O)OCCl. The summed E-state index contributed by atoms with van der Waals surface area (Å²) in [5.41, 5.74) is 0. The molecule has 0 aliphatic rings. The molecule has 16 heavy (non-hydrogen) atoms. The second-order valence-electron chi connectivity index (χ2n) is 4.20. The molecule has 96 valence electrons. The minimum atomic E-state index is -0.169. The largest absolute Gasteiger partial charge is 0.449 e. The first-order valence-corrected chi connectivity index (χ1v) is 7.06. The standard InChI is InChI=1S/C13H25ClO2/c1-2-3-4-5-6-7-8-9-10-11-13(15)16-12-14/h2-12H2,1H3. The summed E-state index contributed by atoms with van der Waals surface area (Å²) in [4.78, 5) is 10.9. The molecule has 0 aromatic heterocycles. The van der Waals surface area contributed by atoms with Crippen molar-refractivity contribution in [1.82, 2.24) is 0 Å². The summed E-state index contributed by atoms with van der Waals surface area (Å²) < 4.78 is 4.64. The molecule has 0 amide bonds. The van der Waals surface area contributed by atoms with Gasteiger partial charge in [0.25, 0.3) is 0 Å². The Morgan fingerprint density at radius 3 is 1.94 bits per heavy atom. The lowest BCUT2D eigenvalue weighted by Gasteiger charge is -2.02. The number of alkyl halides is 1. The topological polar surface area (TPSA) is 26.3 Å². The predicted molar refractivity (Wildman–Crippen MR) is 68.7 cm³/mol. The number of carbonyl (C=O) groups excluding carboxylic acids is 1.